The van der Waals surface area contributed by atoms with Crippen LogP contribution in [-0.2, 0) is 4.79 Å². The third-order valence-electron chi connectivity index (χ3n) is 1.57. The zero-order valence-electron chi connectivity index (χ0n) is 7.16. The first kappa shape index (κ1) is 9.81. The molecule has 0 saturated carbocycles. The smallest absolute Gasteiger partial charge is 0.142 e. The Hall–Kier alpha value is -1.28. The molecule has 0 saturated heterocycles. The summed E-state index contributed by atoms with van der Waals surface area (Å²) in [6.07, 6.45) is 3.70. The van der Waals surface area contributed by atoms with Crippen molar-refractivity contribution in [2.45, 2.75) is 0 Å². The predicted molar refractivity (Wildman–Crippen MR) is 53.1 cm³/mol. The number of halogens is 1. The summed E-state index contributed by atoms with van der Waals surface area (Å²) in [4.78, 5) is 10.1. The Bertz CT molecular complexity index is 332. The number of hydrogen-bond acceptors (Lipinski definition) is 2. The maximum Gasteiger partial charge on any atom is 0.142 e. The average molecular weight is 197 g/mol. The maximum absolute atomic E-state index is 10.1. The largest absolute Gasteiger partial charge is 0.496 e. The normalized spacial score (nSPS) is 10.3. The summed E-state index contributed by atoms with van der Waals surface area (Å²) >= 11 is 5.90. The predicted octanol–water partition coefficient (Wildman–Crippen LogP) is 2.56. The van der Waals surface area contributed by atoms with Gasteiger partial charge in [-0.25, -0.2) is 0 Å². The minimum atomic E-state index is 0.567. The summed E-state index contributed by atoms with van der Waals surface area (Å²) < 4.78 is 5.07. The highest BCUT2D eigenvalue weighted by molar-refractivity contribution is 6.32. The summed E-state index contributed by atoms with van der Waals surface area (Å²) in [5.41, 5.74) is 0.721. The molecule has 0 aliphatic rings. The lowest BCUT2D eigenvalue weighted by Gasteiger charge is -2.05. The van der Waals surface area contributed by atoms with Gasteiger partial charge >= 0.3 is 0 Å². The molecule has 0 aliphatic carbocycles. The fourth-order valence-corrected chi connectivity index (χ4v) is 1.22. The van der Waals surface area contributed by atoms with Crippen LogP contribution in [0.3, 0.4) is 0 Å². The molecule has 1 aromatic carbocycles. The third kappa shape index (κ3) is 2.33. The quantitative estimate of drug-likeness (QED) is 0.549. The van der Waals surface area contributed by atoms with Gasteiger partial charge in [-0.2, -0.15) is 0 Å². The number of methoxy groups -OCH3 is 1. The molecule has 0 unspecified atom stereocenters. The minimum absolute atomic E-state index is 0.567. The molecule has 0 N–H and O–H groups in total. The SMILES string of the molecule is COc1cccc(Cl)c1C=CC=O. The molecule has 1 rings (SSSR count). The van der Waals surface area contributed by atoms with E-state index in [0.29, 0.717) is 17.1 Å². The van der Waals surface area contributed by atoms with Crippen molar-refractivity contribution in [1.82, 2.24) is 0 Å². The van der Waals surface area contributed by atoms with Crippen molar-refractivity contribution in [1.29, 1.82) is 0 Å². The molecule has 0 spiro atoms. The fraction of sp³-hybridized carbons (Fsp3) is 0.100. The van der Waals surface area contributed by atoms with Crippen molar-refractivity contribution in [3.05, 3.63) is 34.9 Å². The maximum atomic E-state index is 10.1. The van der Waals surface area contributed by atoms with Crippen LogP contribution >= 0.6 is 11.6 Å². The van der Waals surface area contributed by atoms with Crippen LogP contribution in [0.15, 0.2) is 24.3 Å². The number of rotatable bonds is 3. The Kier molecular flexibility index (Phi) is 3.53. The van der Waals surface area contributed by atoms with Crippen LogP contribution in [0.2, 0.25) is 5.02 Å². The molecule has 13 heavy (non-hydrogen) atoms. The van der Waals surface area contributed by atoms with E-state index >= 15 is 0 Å². The first-order valence-electron chi connectivity index (χ1n) is 3.74. The molecule has 0 fully saturated rings. The van der Waals surface area contributed by atoms with Gasteiger partial charge in [0.15, 0.2) is 0 Å². The van der Waals surface area contributed by atoms with Gasteiger partial charge in [-0.05, 0) is 24.3 Å². The summed E-state index contributed by atoms with van der Waals surface area (Å²) in [6, 6.07) is 5.32. The number of carbonyl (C=O) groups excluding carboxylic acids is 1. The van der Waals surface area contributed by atoms with Crippen molar-refractivity contribution in [3.63, 3.8) is 0 Å². The van der Waals surface area contributed by atoms with E-state index in [9.17, 15) is 4.79 Å². The van der Waals surface area contributed by atoms with E-state index in [1.54, 1.807) is 31.4 Å². The summed E-state index contributed by atoms with van der Waals surface area (Å²) in [7, 11) is 1.56. The van der Waals surface area contributed by atoms with Gasteiger partial charge in [-0.1, -0.05) is 17.7 Å². The van der Waals surface area contributed by atoms with E-state index in [0.717, 1.165) is 5.56 Å². The van der Waals surface area contributed by atoms with E-state index in [-0.39, 0.29) is 0 Å². The van der Waals surface area contributed by atoms with E-state index in [1.807, 2.05) is 0 Å². The molecule has 0 amide bonds. The van der Waals surface area contributed by atoms with Gasteiger partial charge in [0.25, 0.3) is 0 Å². The third-order valence-corrected chi connectivity index (χ3v) is 1.90. The second-order valence-electron chi connectivity index (χ2n) is 2.35. The van der Waals surface area contributed by atoms with Crippen LogP contribution < -0.4 is 4.74 Å². The van der Waals surface area contributed by atoms with Gasteiger partial charge in [0.05, 0.1) is 12.1 Å². The van der Waals surface area contributed by atoms with E-state index in [1.165, 1.54) is 6.08 Å². The van der Waals surface area contributed by atoms with Crippen LogP contribution in [0.1, 0.15) is 5.56 Å². The molecule has 2 nitrogen and oxygen atoms in total. The Balaban J connectivity index is 3.14. The highest BCUT2D eigenvalue weighted by Crippen LogP contribution is 2.27. The molecule has 0 radical (unpaired) electrons. The lowest BCUT2D eigenvalue weighted by Crippen LogP contribution is -1.87. The molecule has 0 aromatic heterocycles. The number of hydrogen-bond donors (Lipinski definition) is 0. The number of ether oxygens (including phenoxy) is 1. The molecule has 0 bridgehead atoms. The van der Waals surface area contributed by atoms with Crippen molar-refractivity contribution >= 4 is 24.0 Å². The Labute approximate surface area is 81.8 Å². The van der Waals surface area contributed by atoms with E-state index < -0.39 is 0 Å². The van der Waals surface area contributed by atoms with Gasteiger partial charge in [0.1, 0.15) is 12.0 Å². The standard InChI is InChI=1S/C10H9ClO2/c1-13-10-6-2-5-9(11)8(10)4-3-7-12/h2-7H,1H3. The number of benzene rings is 1. The second-order valence-corrected chi connectivity index (χ2v) is 2.76. The Morgan fingerprint density at radius 2 is 2.23 bits per heavy atom. The summed E-state index contributed by atoms with van der Waals surface area (Å²) in [5.74, 6) is 0.658. The number of carbonyl (C=O) groups is 1. The fourth-order valence-electron chi connectivity index (χ4n) is 0.992. The minimum Gasteiger partial charge on any atom is -0.496 e. The van der Waals surface area contributed by atoms with Crippen molar-refractivity contribution < 1.29 is 9.53 Å². The number of aldehydes is 1. The van der Waals surface area contributed by atoms with E-state index in [2.05, 4.69) is 0 Å². The molecular weight excluding hydrogens is 188 g/mol. The van der Waals surface area contributed by atoms with Gasteiger partial charge in [-0.15, -0.1) is 0 Å². The van der Waals surface area contributed by atoms with Gasteiger partial charge in [0, 0.05) is 5.56 Å². The molecule has 0 aliphatic heterocycles. The molecule has 0 atom stereocenters. The summed E-state index contributed by atoms with van der Waals surface area (Å²) in [5, 5.41) is 0.567. The molecule has 68 valence electrons. The molecule has 1 aromatic rings. The highest BCUT2D eigenvalue weighted by atomic mass is 35.5. The molecule has 0 heterocycles. The second kappa shape index (κ2) is 4.67. The first-order chi connectivity index (χ1) is 6.29. The van der Waals surface area contributed by atoms with Crippen LogP contribution in [-0.4, -0.2) is 13.4 Å². The monoisotopic (exact) mass is 196 g/mol. The van der Waals surface area contributed by atoms with E-state index in [4.69, 9.17) is 16.3 Å². The van der Waals surface area contributed by atoms with Crippen molar-refractivity contribution in [3.8, 4) is 5.75 Å². The highest BCUT2D eigenvalue weighted by Gasteiger charge is 2.02. The Morgan fingerprint density at radius 1 is 1.46 bits per heavy atom. The van der Waals surface area contributed by atoms with Gasteiger partial charge < -0.3 is 4.74 Å². The average Bonchev–Trinajstić information content (AvgIpc) is 2.15. The zero-order chi connectivity index (χ0) is 9.68. The van der Waals surface area contributed by atoms with Crippen LogP contribution in [0, 0.1) is 0 Å². The first-order valence-corrected chi connectivity index (χ1v) is 4.11. The summed E-state index contributed by atoms with van der Waals surface area (Å²) in [6.45, 7) is 0. The number of allylic oxidation sites excluding steroid dienone is 1. The lowest BCUT2D eigenvalue weighted by atomic mass is 10.2. The van der Waals surface area contributed by atoms with Gasteiger partial charge in [-0.3, -0.25) is 4.79 Å². The Morgan fingerprint density at radius 3 is 2.85 bits per heavy atom. The van der Waals surface area contributed by atoms with Crippen molar-refractivity contribution in [2.24, 2.45) is 0 Å². The van der Waals surface area contributed by atoms with Crippen LogP contribution in [0.5, 0.6) is 5.75 Å². The van der Waals surface area contributed by atoms with Crippen LogP contribution in [0.25, 0.3) is 6.08 Å². The lowest BCUT2D eigenvalue weighted by molar-refractivity contribution is -0.104. The van der Waals surface area contributed by atoms with Crippen LogP contribution in [0.4, 0.5) is 0 Å². The van der Waals surface area contributed by atoms with Crippen molar-refractivity contribution in [2.75, 3.05) is 7.11 Å². The topological polar surface area (TPSA) is 26.3 Å². The molecule has 3 heteroatoms. The molecular formula is C10H9ClO2. The van der Waals surface area contributed by atoms with Gasteiger partial charge in [0.2, 0.25) is 0 Å². The zero-order valence-corrected chi connectivity index (χ0v) is 7.91.